The van der Waals surface area contributed by atoms with Crippen molar-refractivity contribution in [1.29, 1.82) is 5.26 Å². The minimum absolute atomic E-state index is 0.0339. The van der Waals surface area contributed by atoms with Crippen molar-refractivity contribution in [3.8, 4) is 6.07 Å². The van der Waals surface area contributed by atoms with Crippen molar-refractivity contribution in [3.63, 3.8) is 0 Å². The van der Waals surface area contributed by atoms with Crippen LogP contribution in [-0.4, -0.2) is 38.5 Å². The molecule has 0 aliphatic rings. The van der Waals surface area contributed by atoms with E-state index in [4.69, 9.17) is 4.74 Å². The van der Waals surface area contributed by atoms with Crippen LogP contribution in [0.5, 0.6) is 0 Å². The van der Waals surface area contributed by atoms with Gasteiger partial charge in [-0.25, -0.2) is 4.98 Å². The molecule has 0 saturated heterocycles. The molecule has 35 heavy (non-hydrogen) atoms. The SMILES string of the molecule is COCCCn1c(=NC(=O)c2ccccc2[N+](=O)[O-])c(C#N)cc2c(=O)n3cccc(C)c3nc21. The molecule has 0 aliphatic heterocycles. The number of rotatable bonds is 6. The van der Waals surface area contributed by atoms with E-state index in [1.54, 1.807) is 19.4 Å². The number of aryl methyl sites for hydroxylation is 2. The molecule has 176 valence electrons. The Bertz CT molecular complexity index is 1660. The average Bonchev–Trinajstić information content (AvgIpc) is 2.85. The number of methoxy groups -OCH3 is 1. The first-order valence-corrected chi connectivity index (χ1v) is 10.6. The molecule has 0 spiro atoms. The smallest absolute Gasteiger partial charge is 0.285 e. The molecule has 0 bridgehead atoms. The van der Waals surface area contributed by atoms with Crippen LogP contribution in [-0.2, 0) is 11.3 Å². The van der Waals surface area contributed by atoms with Crippen LogP contribution < -0.4 is 11.0 Å². The topological polar surface area (TPSA) is 145 Å². The molecule has 3 heterocycles. The number of nitriles is 1. The number of nitro benzene ring substituents is 1. The van der Waals surface area contributed by atoms with Crippen LogP contribution in [0.25, 0.3) is 16.7 Å². The molecule has 4 aromatic rings. The van der Waals surface area contributed by atoms with Gasteiger partial charge in [-0.1, -0.05) is 18.2 Å². The van der Waals surface area contributed by atoms with Gasteiger partial charge in [-0.15, -0.1) is 0 Å². The lowest BCUT2D eigenvalue weighted by molar-refractivity contribution is -0.385. The number of nitrogens with zero attached hydrogens (tertiary/aromatic N) is 6. The van der Waals surface area contributed by atoms with Crippen molar-refractivity contribution in [2.75, 3.05) is 13.7 Å². The van der Waals surface area contributed by atoms with Gasteiger partial charge in [-0.05, 0) is 37.1 Å². The van der Waals surface area contributed by atoms with Crippen LogP contribution in [0.2, 0.25) is 0 Å². The molecule has 3 aromatic heterocycles. The maximum atomic E-state index is 13.3. The summed E-state index contributed by atoms with van der Waals surface area (Å²) in [6.07, 6.45) is 2.07. The Kier molecular flexibility index (Phi) is 6.48. The Morgan fingerprint density at radius 1 is 1.26 bits per heavy atom. The monoisotopic (exact) mass is 472 g/mol. The average molecular weight is 472 g/mol. The number of para-hydroxylation sites is 1. The number of benzene rings is 1. The third-order valence-electron chi connectivity index (χ3n) is 5.49. The number of hydrogen-bond acceptors (Lipinski definition) is 7. The second-order valence-electron chi connectivity index (χ2n) is 7.72. The molecule has 4 rings (SSSR count). The number of amides is 1. The third-order valence-corrected chi connectivity index (χ3v) is 5.49. The summed E-state index contributed by atoms with van der Waals surface area (Å²) in [6.45, 7) is 2.42. The van der Waals surface area contributed by atoms with E-state index in [2.05, 4.69) is 9.98 Å². The number of hydrogen-bond donors (Lipinski definition) is 0. The lowest BCUT2D eigenvalue weighted by Crippen LogP contribution is -2.30. The van der Waals surface area contributed by atoms with E-state index in [0.717, 1.165) is 5.56 Å². The largest absolute Gasteiger partial charge is 0.385 e. The fraction of sp³-hybridized carbons (Fsp3) is 0.208. The van der Waals surface area contributed by atoms with E-state index in [0.29, 0.717) is 18.7 Å². The van der Waals surface area contributed by atoms with Gasteiger partial charge in [0.05, 0.1) is 15.9 Å². The van der Waals surface area contributed by atoms with E-state index in [1.807, 2.05) is 19.1 Å². The Morgan fingerprint density at radius 2 is 2.03 bits per heavy atom. The van der Waals surface area contributed by atoms with Gasteiger partial charge in [0.25, 0.3) is 17.2 Å². The predicted molar refractivity (Wildman–Crippen MR) is 126 cm³/mol. The summed E-state index contributed by atoms with van der Waals surface area (Å²) in [7, 11) is 1.54. The van der Waals surface area contributed by atoms with Gasteiger partial charge in [-0.3, -0.25) is 24.1 Å². The molecular weight excluding hydrogens is 452 g/mol. The molecule has 1 aromatic carbocycles. The Hall–Kier alpha value is -4.69. The lowest BCUT2D eigenvalue weighted by atomic mass is 10.1. The molecule has 11 heteroatoms. The summed E-state index contributed by atoms with van der Waals surface area (Å²) in [4.78, 5) is 45.8. The number of carbonyl (C=O) groups is 1. The van der Waals surface area contributed by atoms with Crippen LogP contribution in [0.3, 0.4) is 0 Å². The van der Waals surface area contributed by atoms with Crippen molar-refractivity contribution in [3.05, 3.63) is 91.3 Å². The molecule has 1 amide bonds. The van der Waals surface area contributed by atoms with E-state index in [9.17, 15) is 25.0 Å². The number of aromatic nitrogens is 3. The van der Waals surface area contributed by atoms with Crippen molar-refractivity contribution < 1.29 is 14.5 Å². The number of carbonyl (C=O) groups excluding carboxylic acids is 1. The molecule has 0 unspecified atom stereocenters. The first kappa shape index (κ1) is 23.5. The third kappa shape index (κ3) is 4.30. The van der Waals surface area contributed by atoms with Gasteiger partial charge in [0.1, 0.15) is 22.9 Å². The summed E-state index contributed by atoms with van der Waals surface area (Å²) in [6, 6.07) is 12.3. The van der Waals surface area contributed by atoms with E-state index < -0.39 is 16.5 Å². The molecular formula is C24H20N6O5. The highest BCUT2D eigenvalue weighted by Crippen LogP contribution is 2.19. The van der Waals surface area contributed by atoms with Gasteiger partial charge in [-0.2, -0.15) is 10.3 Å². The second kappa shape index (κ2) is 9.66. The van der Waals surface area contributed by atoms with Gasteiger partial charge >= 0.3 is 0 Å². The molecule has 11 nitrogen and oxygen atoms in total. The summed E-state index contributed by atoms with van der Waals surface area (Å²) >= 11 is 0. The summed E-state index contributed by atoms with van der Waals surface area (Å²) in [5.41, 5.74) is 0.366. The number of fused-ring (bicyclic) bond motifs is 2. The highest BCUT2D eigenvalue weighted by Gasteiger charge is 2.20. The van der Waals surface area contributed by atoms with Gasteiger partial charge < -0.3 is 9.30 Å². The molecule has 0 aliphatic carbocycles. The van der Waals surface area contributed by atoms with Crippen LogP contribution in [0.15, 0.2) is 58.4 Å². The van der Waals surface area contributed by atoms with Crippen molar-refractivity contribution in [2.45, 2.75) is 19.9 Å². The van der Waals surface area contributed by atoms with Crippen LogP contribution in [0.1, 0.15) is 27.9 Å². The molecule has 0 N–H and O–H groups in total. The maximum Gasteiger partial charge on any atom is 0.285 e. The Labute approximate surface area is 198 Å². The zero-order chi connectivity index (χ0) is 25.1. The molecule has 0 atom stereocenters. The van der Waals surface area contributed by atoms with Crippen LogP contribution >= 0.6 is 0 Å². The lowest BCUT2D eigenvalue weighted by Gasteiger charge is -2.14. The quantitative estimate of drug-likeness (QED) is 0.181. The zero-order valence-corrected chi connectivity index (χ0v) is 19.0. The van der Waals surface area contributed by atoms with Crippen LogP contribution in [0, 0.1) is 28.4 Å². The number of pyridine rings is 2. The Morgan fingerprint density at radius 3 is 2.74 bits per heavy atom. The normalized spacial score (nSPS) is 11.6. The first-order valence-electron chi connectivity index (χ1n) is 10.6. The molecule has 0 saturated carbocycles. The Balaban J connectivity index is 2.09. The highest BCUT2D eigenvalue weighted by atomic mass is 16.6. The fourth-order valence-corrected chi connectivity index (χ4v) is 3.84. The van der Waals surface area contributed by atoms with E-state index in [-0.39, 0.29) is 39.8 Å². The molecule has 0 radical (unpaired) electrons. The van der Waals surface area contributed by atoms with Gasteiger partial charge in [0.2, 0.25) is 0 Å². The first-order chi connectivity index (χ1) is 16.9. The minimum atomic E-state index is -0.887. The zero-order valence-electron chi connectivity index (χ0n) is 19.0. The highest BCUT2D eigenvalue weighted by molar-refractivity contribution is 5.98. The summed E-state index contributed by atoms with van der Waals surface area (Å²) < 4.78 is 8.06. The van der Waals surface area contributed by atoms with Crippen molar-refractivity contribution in [2.24, 2.45) is 4.99 Å². The van der Waals surface area contributed by atoms with Crippen LogP contribution in [0.4, 0.5) is 5.69 Å². The van der Waals surface area contributed by atoms with E-state index >= 15 is 0 Å². The second-order valence-corrected chi connectivity index (χ2v) is 7.72. The summed E-state index contributed by atoms with van der Waals surface area (Å²) in [5, 5.41) is 21.4. The predicted octanol–water partition coefficient (Wildman–Crippen LogP) is 2.52. The molecule has 0 fully saturated rings. The number of ether oxygens (including phenoxy) is 1. The maximum absolute atomic E-state index is 13.3. The fourth-order valence-electron chi connectivity index (χ4n) is 3.84. The van der Waals surface area contributed by atoms with Crippen molar-refractivity contribution in [1.82, 2.24) is 14.0 Å². The van der Waals surface area contributed by atoms with E-state index in [1.165, 1.54) is 39.3 Å². The standard InChI is InChI=1S/C24H20N6O5/c1-15-7-5-10-29-20(15)26-22-18(24(29)32)13-16(14-25)21(28(22)11-6-12-35-2)27-23(31)17-8-3-4-9-19(17)30(33)34/h3-5,7-10,13H,6,11-12H2,1-2H3. The number of nitro groups is 1. The summed E-state index contributed by atoms with van der Waals surface area (Å²) in [5.74, 6) is -0.887. The van der Waals surface area contributed by atoms with Gasteiger partial charge in [0.15, 0.2) is 5.49 Å². The minimum Gasteiger partial charge on any atom is -0.385 e. The van der Waals surface area contributed by atoms with Gasteiger partial charge in [0, 0.05) is 32.5 Å². The van der Waals surface area contributed by atoms with Crippen molar-refractivity contribution >= 4 is 28.3 Å².